The number of carbonyl (C=O) groups is 2. The fourth-order valence-corrected chi connectivity index (χ4v) is 1.83. The van der Waals surface area contributed by atoms with E-state index >= 15 is 0 Å². The Morgan fingerprint density at radius 3 is 1.41 bits per heavy atom. The summed E-state index contributed by atoms with van der Waals surface area (Å²) in [5.41, 5.74) is 1.76. The van der Waals surface area contributed by atoms with Crippen LogP contribution < -0.4 is 9.47 Å². The molecule has 156 valence electrons. The molecule has 7 nitrogen and oxygen atoms in total. The molecule has 29 heavy (non-hydrogen) atoms. The SMILES string of the molecule is CO.COC(=O)/C=C/c1ccc(OC)cc1.COc1ccc(/C=C/C(=O)O)cc1. The van der Waals surface area contributed by atoms with Crippen molar-refractivity contribution in [3.05, 3.63) is 71.8 Å². The summed E-state index contributed by atoms with van der Waals surface area (Å²) in [6.07, 6.45) is 5.69. The van der Waals surface area contributed by atoms with Gasteiger partial charge in [-0.05, 0) is 47.5 Å². The van der Waals surface area contributed by atoms with Crippen LogP contribution in [0.15, 0.2) is 60.7 Å². The second-order valence-electron chi connectivity index (χ2n) is 5.07. The van der Waals surface area contributed by atoms with Gasteiger partial charge >= 0.3 is 11.9 Å². The van der Waals surface area contributed by atoms with Gasteiger partial charge in [-0.25, -0.2) is 9.59 Å². The summed E-state index contributed by atoms with van der Waals surface area (Å²) < 4.78 is 14.4. The minimum atomic E-state index is -0.948. The monoisotopic (exact) mass is 402 g/mol. The highest BCUT2D eigenvalue weighted by molar-refractivity contribution is 5.87. The van der Waals surface area contributed by atoms with Crippen LogP contribution in [0.1, 0.15) is 11.1 Å². The summed E-state index contributed by atoms with van der Waals surface area (Å²) in [6.45, 7) is 0. The van der Waals surface area contributed by atoms with E-state index in [4.69, 9.17) is 19.7 Å². The standard InChI is InChI=1S/C11H12O3.C10H10O3.CH4O/c1-13-10-6-3-9(4-7-10)5-8-11(12)14-2;1-13-9-5-2-8(3-6-9)4-7-10(11)12;1-2/h3-8H,1-2H3;2-7H,1H3,(H,11,12);2H,1H3/b8-5+;7-4+;. The maximum Gasteiger partial charge on any atom is 0.330 e. The van der Waals surface area contributed by atoms with Gasteiger partial charge in [-0.2, -0.15) is 0 Å². The highest BCUT2D eigenvalue weighted by Crippen LogP contribution is 2.12. The molecule has 0 aliphatic carbocycles. The van der Waals surface area contributed by atoms with E-state index in [2.05, 4.69) is 4.74 Å². The molecular weight excluding hydrogens is 376 g/mol. The van der Waals surface area contributed by atoms with Gasteiger partial charge in [0.05, 0.1) is 21.3 Å². The molecule has 2 N–H and O–H groups in total. The third-order valence-electron chi connectivity index (χ3n) is 3.26. The van der Waals surface area contributed by atoms with Crippen molar-refractivity contribution in [2.45, 2.75) is 0 Å². The van der Waals surface area contributed by atoms with Gasteiger partial charge in [0.2, 0.25) is 0 Å². The molecule has 0 aliphatic rings. The normalized spacial score (nSPS) is 9.69. The number of benzene rings is 2. The number of methoxy groups -OCH3 is 3. The molecule has 0 fully saturated rings. The number of aliphatic hydroxyl groups excluding tert-OH is 1. The molecule has 0 radical (unpaired) electrons. The molecule has 0 saturated carbocycles. The Balaban J connectivity index is 0.000000499. The zero-order chi connectivity index (χ0) is 22.1. The van der Waals surface area contributed by atoms with E-state index in [0.717, 1.165) is 35.8 Å². The van der Waals surface area contributed by atoms with E-state index in [1.165, 1.54) is 19.3 Å². The molecule has 0 amide bonds. The molecule has 0 aliphatic heterocycles. The lowest BCUT2D eigenvalue weighted by atomic mass is 10.2. The minimum absolute atomic E-state index is 0.360. The number of aliphatic hydroxyl groups is 1. The molecule has 0 unspecified atom stereocenters. The van der Waals surface area contributed by atoms with Crippen LogP contribution in [0.25, 0.3) is 12.2 Å². The Morgan fingerprint density at radius 1 is 0.724 bits per heavy atom. The van der Waals surface area contributed by atoms with Gasteiger partial charge in [-0.3, -0.25) is 0 Å². The van der Waals surface area contributed by atoms with Gasteiger partial charge in [0.25, 0.3) is 0 Å². The van der Waals surface area contributed by atoms with Gasteiger partial charge in [0.1, 0.15) is 11.5 Å². The van der Waals surface area contributed by atoms with Gasteiger partial charge in [-0.1, -0.05) is 24.3 Å². The Hall–Kier alpha value is -3.58. The molecule has 0 spiro atoms. The molecular formula is C22H26O7. The van der Waals surface area contributed by atoms with Gasteiger partial charge in [-0.15, -0.1) is 0 Å². The first-order chi connectivity index (χ1) is 14.0. The minimum Gasteiger partial charge on any atom is -0.497 e. The van der Waals surface area contributed by atoms with Crippen molar-refractivity contribution < 1.29 is 34.0 Å². The first-order valence-electron chi connectivity index (χ1n) is 8.38. The number of carboxylic acids is 1. The third kappa shape index (κ3) is 11.7. The van der Waals surface area contributed by atoms with Crippen LogP contribution in [-0.2, 0) is 14.3 Å². The van der Waals surface area contributed by atoms with Crippen molar-refractivity contribution in [2.75, 3.05) is 28.4 Å². The van der Waals surface area contributed by atoms with Crippen LogP contribution in [0.2, 0.25) is 0 Å². The molecule has 2 aromatic carbocycles. The predicted octanol–water partition coefficient (Wildman–Crippen LogP) is 3.28. The van der Waals surface area contributed by atoms with Crippen LogP contribution in [0.4, 0.5) is 0 Å². The Labute approximate surface area is 170 Å². The van der Waals surface area contributed by atoms with Crippen LogP contribution in [0.3, 0.4) is 0 Å². The number of aliphatic carboxylic acids is 1. The highest BCUT2D eigenvalue weighted by atomic mass is 16.5. The number of hydrogen-bond acceptors (Lipinski definition) is 6. The smallest absolute Gasteiger partial charge is 0.330 e. The zero-order valence-corrected chi connectivity index (χ0v) is 16.9. The number of hydrogen-bond donors (Lipinski definition) is 2. The first-order valence-corrected chi connectivity index (χ1v) is 8.38. The highest BCUT2D eigenvalue weighted by Gasteiger charge is 1.93. The molecule has 2 aromatic rings. The van der Waals surface area contributed by atoms with Crippen molar-refractivity contribution in [2.24, 2.45) is 0 Å². The summed E-state index contributed by atoms with van der Waals surface area (Å²) in [6, 6.07) is 14.5. The Kier molecular flexibility index (Phi) is 13.6. The Morgan fingerprint density at radius 2 is 1.10 bits per heavy atom. The van der Waals surface area contributed by atoms with E-state index in [0.29, 0.717) is 0 Å². The van der Waals surface area contributed by atoms with Crippen molar-refractivity contribution >= 4 is 24.1 Å². The fraction of sp³-hybridized carbons (Fsp3) is 0.182. The third-order valence-corrected chi connectivity index (χ3v) is 3.26. The molecule has 0 atom stereocenters. The second kappa shape index (κ2) is 15.5. The van der Waals surface area contributed by atoms with Gasteiger partial charge in [0.15, 0.2) is 0 Å². The average molecular weight is 402 g/mol. The lowest BCUT2D eigenvalue weighted by Gasteiger charge is -1.98. The second-order valence-corrected chi connectivity index (χ2v) is 5.07. The lowest BCUT2D eigenvalue weighted by Crippen LogP contribution is -1.93. The van der Waals surface area contributed by atoms with Crippen LogP contribution in [-0.4, -0.2) is 50.6 Å². The van der Waals surface area contributed by atoms with Crippen molar-refractivity contribution in [3.8, 4) is 11.5 Å². The van der Waals surface area contributed by atoms with Crippen molar-refractivity contribution in [1.82, 2.24) is 0 Å². The maximum absolute atomic E-state index is 10.8. The van der Waals surface area contributed by atoms with E-state index in [1.807, 2.05) is 24.3 Å². The van der Waals surface area contributed by atoms with Crippen molar-refractivity contribution in [1.29, 1.82) is 0 Å². The first kappa shape index (κ1) is 25.4. The number of rotatable bonds is 6. The van der Waals surface area contributed by atoms with Gasteiger partial charge < -0.3 is 24.4 Å². The summed E-state index contributed by atoms with van der Waals surface area (Å²) in [4.78, 5) is 21.0. The predicted molar refractivity (Wildman–Crippen MR) is 112 cm³/mol. The molecule has 0 bridgehead atoms. The van der Waals surface area contributed by atoms with E-state index in [9.17, 15) is 9.59 Å². The quantitative estimate of drug-likeness (QED) is 0.565. The molecule has 0 aromatic heterocycles. The van der Waals surface area contributed by atoms with Crippen LogP contribution in [0, 0.1) is 0 Å². The molecule has 0 heterocycles. The number of ether oxygens (including phenoxy) is 3. The summed E-state index contributed by atoms with van der Waals surface area (Å²) in [5.74, 6) is 0.240. The topological polar surface area (TPSA) is 102 Å². The molecule has 7 heteroatoms. The van der Waals surface area contributed by atoms with Gasteiger partial charge in [0, 0.05) is 19.3 Å². The lowest BCUT2D eigenvalue weighted by molar-refractivity contribution is -0.135. The fourth-order valence-electron chi connectivity index (χ4n) is 1.83. The summed E-state index contributed by atoms with van der Waals surface area (Å²) >= 11 is 0. The van der Waals surface area contributed by atoms with E-state index in [1.54, 1.807) is 44.6 Å². The van der Waals surface area contributed by atoms with Crippen molar-refractivity contribution in [3.63, 3.8) is 0 Å². The number of carboxylic acid groups (broad SMARTS) is 1. The largest absolute Gasteiger partial charge is 0.497 e. The van der Waals surface area contributed by atoms with Crippen LogP contribution in [0.5, 0.6) is 11.5 Å². The summed E-state index contributed by atoms with van der Waals surface area (Å²) in [7, 11) is 5.54. The maximum atomic E-state index is 10.8. The molecule has 2 rings (SSSR count). The zero-order valence-electron chi connectivity index (χ0n) is 16.9. The number of carbonyl (C=O) groups excluding carboxylic acids is 1. The van der Waals surface area contributed by atoms with Crippen LogP contribution >= 0.6 is 0 Å². The van der Waals surface area contributed by atoms with E-state index < -0.39 is 5.97 Å². The summed E-state index contributed by atoms with van der Waals surface area (Å²) in [5, 5.41) is 15.4. The number of esters is 1. The van der Waals surface area contributed by atoms with E-state index in [-0.39, 0.29) is 5.97 Å². The average Bonchev–Trinajstić information content (AvgIpc) is 2.78. The Bertz CT molecular complexity index is 776. The molecule has 0 saturated heterocycles.